The first-order chi connectivity index (χ1) is 7.54. The first-order valence-electron chi connectivity index (χ1n) is 5.83. The quantitative estimate of drug-likeness (QED) is 0.745. The lowest BCUT2D eigenvalue weighted by Gasteiger charge is -2.31. The van der Waals surface area contributed by atoms with E-state index in [0.29, 0.717) is 19.4 Å². The van der Waals surface area contributed by atoms with Gasteiger partial charge in [0.1, 0.15) is 0 Å². The van der Waals surface area contributed by atoms with Crippen LogP contribution < -0.4 is 5.32 Å². The van der Waals surface area contributed by atoms with Crippen molar-refractivity contribution in [2.75, 3.05) is 20.3 Å². The maximum Gasteiger partial charge on any atom is 0.391 e. The molecule has 1 N–H and O–H groups in total. The summed E-state index contributed by atoms with van der Waals surface area (Å²) < 4.78 is 42.4. The fourth-order valence-corrected chi connectivity index (χ4v) is 2.20. The molecule has 96 valence electrons. The van der Waals surface area contributed by atoms with Gasteiger partial charge in [-0.3, -0.25) is 0 Å². The monoisotopic (exact) mass is 239 g/mol. The molecule has 0 aromatic rings. The fraction of sp³-hybridized carbons (Fsp3) is 1.00. The second-order valence-corrected chi connectivity index (χ2v) is 4.40. The van der Waals surface area contributed by atoms with E-state index in [1.165, 1.54) is 0 Å². The number of hydrogen-bond acceptors (Lipinski definition) is 2. The van der Waals surface area contributed by atoms with Gasteiger partial charge < -0.3 is 10.1 Å². The van der Waals surface area contributed by atoms with E-state index in [0.717, 1.165) is 19.4 Å². The highest BCUT2D eigenvalue weighted by atomic mass is 19.4. The highest BCUT2D eigenvalue weighted by Gasteiger charge is 2.41. The molecular formula is C11H20F3NO. The van der Waals surface area contributed by atoms with Crippen LogP contribution in [0.15, 0.2) is 0 Å². The summed E-state index contributed by atoms with van der Waals surface area (Å²) in [6.07, 6.45) is -1.11. The van der Waals surface area contributed by atoms with Crippen molar-refractivity contribution in [1.82, 2.24) is 5.32 Å². The zero-order valence-corrected chi connectivity index (χ0v) is 9.65. The van der Waals surface area contributed by atoms with Crippen LogP contribution in [0.5, 0.6) is 0 Å². The van der Waals surface area contributed by atoms with Gasteiger partial charge >= 0.3 is 6.18 Å². The number of rotatable bonds is 5. The maximum atomic E-state index is 12.5. The number of halogens is 3. The average Bonchev–Trinajstić information content (AvgIpc) is 2.24. The third-order valence-corrected chi connectivity index (χ3v) is 3.10. The van der Waals surface area contributed by atoms with Gasteiger partial charge in [0, 0.05) is 19.8 Å². The summed E-state index contributed by atoms with van der Waals surface area (Å²) in [4.78, 5) is 0. The van der Waals surface area contributed by atoms with E-state index in [-0.39, 0.29) is 12.5 Å². The first kappa shape index (κ1) is 13.8. The Balaban J connectivity index is 2.23. The first-order valence-corrected chi connectivity index (χ1v) is 5.83. The molecule has 1 saturated carbocycles. The van der Waals surface area contributed by atoms with E-state index in [9.17, 15) is 13.2 Å². The third kappa shape index (κ3) is 4.70. The Hall–Kier alpha value is -0.290. The molecule has 0 amide bonds. The van der Waals surface area contributed by atoms with Gasteiger partial charge in [0.25, 0.3) is 0 Å². The highest BCUT2D eigenvalue weighted by molar-refractivity contribution is 4.81. The smallest absolute Gasteiger partial charge is 0.385 e. The molecule has 0 aliphatic heterocycles. The molecule has 2 atom stereocenters. The minimum absolute atomic E-state index is 0.0252. The molecule has 2 unspecified atom stereocenters. The van der Waals surface area contributed by atoms with Crippen LogP contribution in [-0.2, 0) is 4.74 Å². The van der Waals surface area contributed by atoms with Gasteiger partial charge in [0.15, 0.2) is 0 Å². The zero-order chi connectivity index (χ0) is 12.0. The van der Waals surface area contributed by atoms with E-state index in [1.54, 1.807) is 7.11 Å². The summed E-state index contributed by atoms with van der Waals surface area (Å²) in [5, 5.41) is 3.18. The maximum absolute atomic E-state index is 12.5. The van der Waals surface area contributed by atoms with E-state index in [2.05, 4.69) is 5.32 Å². The van der Waals surface area contributed by atoms with Gasteiger partial charge in [-0.15, -0.1) is 0 Å². The fourth-order valence-electron chi connectivity index (χ4n) is 2.20. The molecule has 0 aromatic heterocycles. The summed E-state index contributed by atoms with van der Waals surface area (Å²) in [6.45, 7) is 1.39. The molecule has 0 heterocycles. The summed E-state index contributed by atoms with van der Waals surface area (Å²) in [5.74, 6) is -1.11. The minimum Gasteiger partial charge on any atom is -0.385 e. The number of ether oxygens (including phenoxy) is 1. The molecule has 2 nitrogen and oxygen atoms in total. The molecule has 0 aromatic carbocycles. The van der Waals surface area contributed by atoms with Gasteiger partial charge in [-0.1, -0.05) is 6.42 Å². The Morgan fingerprint density at radius 1 is 1.31 bits per heavy atom. The topological polar surface area (TPSA) is 21.3 Å². The molecule has 1 fully saturated rings. The van der Waals surface area contributed by atoms with E-state index < -0.39 is 12.1 Å². The minimum atomic E-state index is -4.02. The van der Waals surface area contributed by atoms with E-state index in [4.69, 9.17) is 4.74 Å². The van der Waals surface area contributed by atoms with Crippen LogP contribution in [0.25, 0.3) is 0 Å². The molecule has 0 radical (unpaired) electrons. The van der Waals surface area contributed by atoms with E-state index in [1.807, 2.05) is 0 Å². The number of nitrogens with one attached hydrogen (secondary N) is 1. The second kappa shape index (κ2) is 6.45. The predicted octanol–water partition coefficient (Wildman–Crippen LogP) is 2.73. The lowest BCUT2D eigenvalue weighted by Crippen LogP contribution is -2.39. The molecule has 1 rings (SSSR count). The largest absolute Gasteiger partial charge is 0.391 e. The second-order valence-electron chi connectivity index (χ2n) is 4.40. The summed E-state index contributed by atoms with van der Waals surface area (Å²) in [6, 6.07) is 0.0252. The Morgan fingerprint density at radius 3 is 2.69 bits per heavy atom. The van der Waals surface area contributed by atoms with Gasteiger partial charge in [-0.05, 0) is 32.2 Å². The molecule has 5 heteroatoms. The Labute approximate surface area is 94.5 Å². The molecular weight excluding hydrogens is 219 g/mol. The van der Waals surface area contributed by atoms with Crippen LogP contribution in [0.2, 0.25) is 0 Å². The summed E-state index contributed by atoms with van der Waals surface area (Å²) in [5.41, 5.74) is 0. The van der Waals surface area contributed by atoms with Gasteiger partial charge in [0.05, 0.1) is 5.92 Å². The summed E-state index contributed by atoms with van der Waals surface area (Å²) in [7, 11) is 1.63. The van der Waals surface area contributed by atoms with E-state index >= 15 is 0 Å². The van der Waals surface area contributed by atoms with Gasteiger partial charge in [-0.25, -0.2) is 0 Å². The van der Waals surface area contributed by atoms with Crippen molar-refractivity contribution in [2.45, 2.75) is 44.3 Å². The molecule has 1 aliphatic rings. The number of alkyl halides is 3. The molecule has 16 heavy (non-hydrogen) atoms. The van der Waals surface area contributed by atoms with Crippen molar-refractivity contribution in [3.05, 3.63) is 0 Å². The van der Waals surface area contributed by atoms with Crippen LogP contribution in [0.3, 0.4) is 0 Å². The Kier molecular flexibility index (Phi) is 5.55. The lowest BCUT2D eigenvalue weighted by molar-refractivity contribution is -0.183. The third-order valence-electron chi connectivity index (χ3n) is 3.10. The molecule has 0 spiro atoms. The SMILES string of the molecule is COCCCNC1CCCC(C(F)(F)F)C1. The van der Waals surface area contributed by atoms with Crippen LogP contribution in [0, 0.1) is 5.92 Å². The van der Waals surface area contributed by atoms with Crippen LogP contribution in [0.4, 0.5) is 13.2 Å². The molecule has 0 saturated heterocycles. The Bertz CT molecular complexity index is 196. The van der Waals surface area contributed by atoms with Crippen molar-refractivity contribution < 1.29 is 17.9 Å². The van der Waals surface area contributed by atoms with Crippen LogP contribution in [0.1, 0.15) is 32.1 Å². The van der Waals surface area contributed by atoms with Crippen molar-refractivity contribution in [3.8, 4) is 0 Å². The predicted molar refractivity (Wildman–Crippen MR) is 56.3 cm³/mol. The van der Waals surface area contributed by atoms with Crippen LogP contribution in [-0.4, -0.2) is 32.5 Å². The van der Waals surface area contributed by atoms with Crippen LogP contribution >= 0.6 is 0 Å². The number of hydrogen-bond donors (Lipinski definition) is 1. The van der Waals surface area contributed by atoms with Crippen molar-refractivity contribution in [3.63, 3.8) is 0 Å². The van der Waals surface area contributed by atoms with Gasteiger partial charge in [-0.2, -0.15) is 13.2 Å². The highest BCUT2D eigenvalue weighted by Crippen LogP contribution is 2.37. The standard InChI is InChI=1S/C11H20F3NO/c1-16-7-3-6-15-10-5-2-4-9(8-10)11(12,13)14/h9-10,15H,2-8H2,1H3. The van der Waals surface area contributed by atoms with Crippen molar-refractivity contribution >= 4 is 0 Å². The normalized spacial score (nSPS) is 27.0. The molecule has 1 aliphatic carbocycles. The number of methoxy groups -OCH3 is 1. The average molecular weight is 239 g/mol. The van der Waals surface area contributed by atoms with Gasteiger partial charge in [0.2, 0.25) is 0 Å². The van der Waals surface area contributed by atoms with Crippen molar-refractivity contribution in [2.24, 2.45) is 5.92 Å². The summed E-state index contributed by atoms with van der Waals surface area (Å²) >= 11 is 0. The molecule has 0 bridgehead atoms. The lowest BCUT2D eigenvalue weighted by atomic mass is 9.85. The van der Waals surface area contributed by atoms with Crippen molar-refractivity contribution in [1.29, 1.82) is 0 Å². The zero-order valence-electron chi connectivity index (χ0n) is 9.65. The Morgan fingerprint density at radius 2 is 2.06 bits per heavy atom.